The molecule has 7 heteroatoms. The Hall–Kier alpha value is -1.70. The van der Waals surface area contributed by atoms with E-state index < -0.39 is 35.8 Å². The highest BCUT2D eigenvalue weighted by atomic mass is 16.6. The highest BCUT2D eigenvalue weighted by Crippen LogP contribution is 2.48. The number of aliphatic hydroxyl groups excluding tert-OH is 2. The molecule has 0 amide bonds. The molecular formula is C20H28O7. The van der Waals surface area contributed by atoms with E-state index in [1.807, 2.05) is 6.92 Å². The zero-order chi connectivity index (χ0) is 19.9. The number of esters is 2. The van der Waals surface area contributed by atoms with Crippen LogP contribution in [0.5, 0.6) is 0 Å². The molecular weight excluding hydrogens is 352 g/mol. The number of hydrogen-bond donors (Lipinski definition) is 2. The normalized spacial score (nSPS) is 41.5. The first-order valence-electron chi connectivity index (χ1n) is 9.47. The standard InChI is InChI=1S/C20H28O7/c1-5-10(2)18(23)26-15-8-20(9-21)16(27-20)7-13(22)11(3)6-14-17(15)12(4)19(24)25-14/h6,10,13-17,21-22H,4-5,7-9H2,1-3H3/b11-6-/t10?,13?,14-,15?,16+,17+,20-/m1/s1. The third kappa shape index (κ3) is 3.68. The van der Waals surface area contributed by atoms with Crippen LogP contribution in [0.2, 0.25) is 0 Å². The van der Waals surface area contributed by atoms with Crippen LogP contribution in [0.3, 0.4) is 0 Å². The van der Waals surface area contributed by atoms with Gasteiger partial charge in [0.25, 0.3) is 0 Å². The lowest BCUT2D eigenvalue weighted by atomic mass is 9.81. The number of rotatable bonds is 4. The number of aliphatic hydroxyl groups is 2. The zero-order valence-corrected chi connectivity index (χ0v) is 16.0. The van der Waals surface area contributed by atoms with Crippen molar-refractivity contribution in [3.63, 3.8) is 0 Å². The van der Waals surface area contributed by atoms with Crippen LogP contribution in [0.1, 0.15) is 40.0 Å². The number of epoxide rings is 1. The molecule has 27 heavy (non-hydrogen) atoms. The average Bonchev–Trinajstić information content (AvgIpc) is 3.23. The Morgan fingerprint density at radius 3 is 2.85 bits per heavy atom. The molecule has 0 aromatic carbocycles. The maximum absolute atomic E-state index is 12.5. The summed E-state index contributed by atoms with van der Waals surface area (Å²) in [5, 5.41) is 20.3. The SMILES string of the molecule is C=C1C(=O)O[C@@H]2/C=C(/C)C(O)C[C@@H]3O[C@@]3(CO)CC(OC(=O)C(C)CC)[C@@H]12. The van der Waals surface area contributed by atoms with Crippen LogP contribution in [0.15, 0.2) is 23.8 Å². The van der Waals surface area contributed by atoms with Crippen LogP contribution in [0.4, 0.5) is 0 Å². The van der Waals surface area contributed by atoms with E-state index in [-0.39, 0.29) is 36.6 Å². The second kappa shape index (κ2) is 7.37. The van der Waals surface area contributed by atoms with E-state index in [9.17, 15) is 19.8 Å². The molecule has 1 aliphatic carbocycles. The summed E-state index contributed by atoms with van der Waals surface area (Å²) >= 11 is 0. The van der Waals surface area contributed by atoms with Crippen LogP contribution < -0.4 is 0 Å². The fraction of sp³-hybridized carbons (Fsp3) is 0.700. The van der Waals surface area contributed by atoms with Crippen molar-refractivity contribution in [1.29, 1.82) is 0 Å². The molecule has 3 rings (SSSR count). The minimum Gasteiger partial charge on any atom is -0.461 e. The summed E-state index contributed by atoms with van der Waals surface area (Å²) in [5.41, 5.74) is -0.0229. The second-order valence-electron chi connectivity index (χ2n) is 7.90. The van der Waals surface area contributed by atoms with Gasteiger partial charge in [-0.2, -0.15) is 0 Å². The number of hydrogen-bond acceptors (Lipinski definition) is 7. The van der Waals surface area contributed by atoms with Gasteiger partial charge in [0.2, 0.25) is 0 Å². The van der Waals surface area contributed by atoms with Crippen LogP contribution in [0, 0.1) is 11.8 Å². The predicted molar refractivity (Wildman–Crippen MR) is 95.5 cm³/mol. The van der Waals surface area contributed by atoms with E-state index >= 15 is 0 Å². The lowest BCUT2D eigenvalue weighted by molar-refractivity contribution is -0.158. The third-order valence-electron chi connectivity index (χ3n) is 6.06. The van der Waals surface area contributed by atoms with Crippen molar-refractivity contribution < 1.29 is 34.0 Å². The number of ether oxygens (including phenoxy) is 3. The Morgan fingerprint density at radius 1 is 1.52 bits per heavy atom. The molecule has 2 heterocycles. The van der Waals surface area contributed by atoms with Gasteiger partial charge in [0.15, 0.2) is 0 Å². The Bertz CT molecular complexity index is 669. The van der Waals surface area contributed by atoms with Gasteiger partial charge in [0, 0.05) is 18.4 Å². The van der Waals surface area contributed by atoms with E-state index in [0.717, 1.165) is 0 Å². The topological polar surface area (TPSA) is 106 Å². The molecule has 3 unspecified atom stereocenters. The molecule has 0 saturated carbocycles. The van der Waals surface area contributed by atoms with E-state index in [1.165, 1.54) is 0 Å². The fourth-order valence-electron chi connectivity index (χ4n) is 3.85. The Kier molecular flexibility index (Phi) is 5.47. The van der Waals surface area contributed by atoms with Crippen LogP contribution in [-0.2, 0) is 23.8 Å². The third-order valence-corrected chi connectivity index (χ3v) is 6.06. The van der Waals surface area contributed by atoms with Crippen LogP contribution in [-0.4, -0.2) is 58.8 Å². The van der Waals surface area contributed by atoms with Gasteiger partial charge in [0.1, 0.15) is 17.8 Å². The first kappa shape index (κ1) is 20.0. The van der Waals surface area contributed by atoms with Crippen molar-refractivity contribution in [2.75, 3.05) is 6.61 Å². The van der Waals surface area contributed by atoms with Gasteiger partial charge in [-0.1, -0.05) is 20.4 Å². The van der Waals surface area contributed by atoms with Crippen molar-refractivity contribution in [1.82, 2.24) is 0 Å². The Morgan fingerprint density at radius 2 is 2.22 bits per heavy atom. The van der Waals surface area contributed by atoms with Crippen LogP contribution >= 0.6 is 0 Å². The summed E-state index contributed by atoms with van der Waals surface area (Å²) in [5.74, 6) is -1.78. The summed E-state index contributed by atoms with van der Waals surface area (Å²) in [6, 6.07) is 0. The minimum atomic E-state index is -0.893. The van der Waals surface area contributed by atoms with Gasteiger partial charge < -0.3 is 24.4 Å². The molecule has 0 spiro atoms. The van der Waals surface area contributed by atoms with Crippen molar-refractivity contribution in [2.24, 2.45) is 11.8 Å². The lowest BCUT2D eigenvalue weighted by Crippen LogP contribution is -2.40. The number of carbonyl (C=O) groups excluding carboxylic acids is 2. The molecule has 0 radical (unpaired) electrons. The monoisotopic (exact) mass is 380 g/mol. The maximum atomic E-state index is 12.5. The lowest BCUT2D eigenvalue weighted by Gasteiger charge is -2.30. The largest absolute Gasteiger partial charge is 0.461 e. The molecule has 7 nitrogen and oxygen atoms in total. The molecule has 2 N–H and O–H groups in total. The molecule has 0 bridgehead atoms. The van der Waals surface area contributed by atoms with Crippen molar-refractivity contribution in [3.05, 3.63) is 23.8 Å². The zero-order valence-electron chi connectivity index (χ0n) is 16.0. The number of carbonyl (C=O) groups is 2. The van der Waals surface area contributed by atoms with E-state index in [2.05, 4.69) is 6.58 Å². The highest BCUT2D eigenvalue weighted by Gasteiger charge is 2.60. The fourth-order valence-corrected chi connectivity index (χ4v) is 3.85. The molecule has 3 aliphatic rings. The molecule has 2 fully saturated rings. The van der Waals surface area contributed by atoms with Gasteiger partial charge in [-0.15, -0.1) is 0 Å². The molecule has 7 atom stereocenters. The van der Waals surface area contributed by atoms with Gasteiger partial charge in [-0.25, -0.2) is 4.79 Å². The van der Waals surface area contributed by atoms with Gasteiger partial charge >= 0.3 is 11.9 Å². The first-order chi connectivity index (χ1) is 12.7. The Labute approximate surface area is 159 Å². The van der Waals surface area contributed by atoms with Crippen LogP contribution in [0.25, 0.3) is 0 Å². The molecule has 0 aromatic heterocycles. The summed E-state index contributed by atoms with van der Waals surface area (Å²) in [4.78, 5) is 24.6. The van der Waals surface area contributed by atoms with E-state index in [1.54, 1.807) is 19.9 Å². The molecule has 0 aromatic rings. The second-order valence-corrected chi connectivity index (χ2v) is 7.90. The number of fused-ring (bicyclic) bond motifs is 2. The van der Waals surface area contributed by atoms with Gasteiger partial charge in [-0.05, 0) is 25.0 Å². The molecule has 150 valence electrons. The average molecular weight is 380 g/mol. The Balaban J connectivity index is 1.97. The van der Waals surface area contributed by atoms with E-state index in [0.29, 0.717) is 18.4 Å². The molecule has 2 saturated heterocycles. The van der Waals surface area contributed by atoms with E-state index in [4.69, 9.17) is 14.2 Å². The quantitative estimate of drug-likeness (QED) is 0.327. The van der Waals surface area contributed by atoms with Crippen molar-refractivity contribution in [3.8, 4) is 0 Å². The smallest absolute Gasteiger partial charge is 0.334 e. The maximum Gasteiger partial charge on any atom is 0.334 e. The minimum absolute atomic E-state index is 0.215. The summed E-state index contributed by atoms with van der Waals surface area (Å²) in [7, 11) is 0. The predicted octanol–water partition coefficient (Wildman–Crippen LogP) is 1.27. The highest BCUT2D eigenvalue weighted by molar-refractivity contribution is 5.91. The van der Waals surface area contributed by atoms with Gasteiger partial charge in [-0.3, -0.25) is 4.79 Å². The van der Waals surface area contributed by atoms with Gasteiger partial charge in [0.05, 0.1) is 30.7 Å². The summed E-state index contributed by atoms with van der Waals surface area (Å²) in [6.07, 6.45) is 0.361. The molecule has 2 aliphatic heterocycles. The first-order valence-corrected chi connectivity index (χ1v) is 9.47. The summed E-state index contributed by atoms with van der Waals surface area (Å²) < 4.78 is 16.9. The summed E-state index contributed by atoms with van der Waals surface area (Å²) in [6.45, 7) is 9.01. The van der Waals surface area contributed by atoms with Crippen molar-refractivity contribution in [2.45, 2.75) is 70.1 Å². The van der Waals surface area contributed by atoms with Crippen molar-refractivity contribution >= 4 is 11.9 Å².